The molecule has 0 spiro atoms. The van der Waals surface area contributed by atoms with Gasteiger partial charge in [0.25, 0.3) is 0 Å². The minimum atomic E-state index is -3.80. The van der Waals surface area contributed by atoms with Gasteiger partial charge in [0, 0.05) is 23.9 Å². The van der Waals surface area contributed by atoms with Gasteiger partial charge in [-0.3, -0.25) is 0 Å². The summed E-state index contributed by atoms with van der Waals surface area (Å²) in [4.78, 5) is 6.71. The highest BCUT2D eigenvalue weighted by atomic mass is 79.9. The second-order valence-corrected chi connectivity index (χ2v) is 7.71. The predicted octanol–water partition coefficient (Wildman–Crippen LogP) is 3.30. The Bertz CT molecular complexity index is 696. The predicted molar refractivity (Wildman–Crippen MR) is 81.4 cm³/mol. The molecule has 0 aliphatic rings. The van der Waals surface area contributed by atoms with Crippen molar-refractivity contribution in [3.05, 3.63) is 44.9 Å². The number of aromatic nitrogens is 2. The number of imidazole rings is 1. The molecule has 108 valence electrons. The van der Waals surface area contributed by atoms with E-state index in [1.165, 1.54) is 19.2 Å². The molecule has 1 N–H and O–H groups in total. The second-order valence-electron chi connectivity index (χ2n) is 4.00. The zero-order valence-corrected chi connectivity index (χ0v) is 14.2. The lowest BCUT2D eigenvalue weighted by atomic mass is 10.4. The first-order valence-corrected chi connectivity index (χ1v) is 8.40. The van der Waals surface area contributed by atoms with Gasteiger partial charge in [-0.15, -0.1) is 0 Å². The molecule has 0 bridgehead atoms. The van der Waals surface area contributed by atoms with Gasteiger partial charge in [-0.1, -0.05) is 39.1 Å². The highest BCUT2D eigenvalue weighted by Crippen LogP contribution is 2.34. The summed E-state index contributed by atoms with van der Waals surface area (Å²) in [6.07, 6.45) is 3.17. The van der Waals surface area contributed by atoms with Crippen LogP contribution < -0.4 is 0 Å². The number of rotatable bonds is 4. The first-order valence-electron chi connectivity index (χ1n) is 5.41. The van der Waals surface area contributed by atoms with Gasteiger partial charge in [0.05, 0.1) is 16.6 Å². The Morgan fingerprint density at radius 2 is 1.95 bits per heavy atom. The van der Waals surface area contributed by atoms with Crippen LogP contribution in [0.15, 0.2) is 33.9 Å². The smallest absolute Gasteiger partial charge is 0.246 e. The highest BCUT2D eigenvalue weighted by molar-refractivity contribution is 9.10. The van der Waals surface area contributed by atoms with Crippen LogP contribution in [0.4, 0.5) is 0 Å². The fraction of sp³-hybridized carbons (Fsp3) is 0.182. The van der Waals surface area contributed by atoms with Crippen molar-refractivity contribution in [2.45, 2.75) is 11.4 Å². The number of hydrogen-bond acceptors (Lipinski definition) is 3. The van der Waals surface area contributed by atoms with E-state index in [1.807, 2.05) is 0 Å². The molecule has 0 fully saturated rings. The summed E-state index contributed by atoms with van der Waals surface area (Å²) in [5.74, 6) is 0.528. The maximum absolute atomic E-state index is 12.5. The summed E-state index contributed by atoms with van der Waals surface area (Å²) in [5, 5.41) is 0.131. The number of nitrogens with zero attached hydrogens (tertiary/aromatic N) is 2. The van der Waals surface area contributed by atoms with Gasteiger partial charge in [0.1, 0.15) is 10.7 Å². The summed E-state index contributed by atoms with van der Waals surface area (Å²) >= 11 is 15.2. The molecule has 0 saturated carbocycles. The van der Waals surface area contributed by atoms with Crippen LogP contribution in [0.5, 0.6) is 0 Å². The zero-order valence-electron chi connectivity index (χ0n) is 10.3. The molecule has 5 nitrogen and oxygen atoms in total. The number of H-pyrrole nitrogens is 1. The molecule has 0 atom stereocenters. The summed E-state index contributed by atoms with van der Waals surface area (Å²) in [7, 11) is -2.37. The van der Waals surface area contributed by atoms with E-state index >= 15 is 0 Å². The maximum Gasteiger partial charge on any atom is 0.246 e. The summed E-state index contributed by atoms with van der Waals surface area (Å²) < 4.78 is 26.8. The molecule has 0 saturated heterocycles. The lowest BCUT2D eigenvalue weighted by molar-refractivity contribution is 0.458. The SMILES string of the molecule is CN(Cc1ncc[nH]1)S(=O)(=O)c1c(Cl)cc(Br)cc1Cl. The van der Waals surface area contributed by atoms with Gasteiger partial charge in [0.2, 0.25) is 10.0 Å². The molecule has 0 aliphatic heterocycles. The lowest BCUT2D eigenvalue weighted by Crippen LogP contribution is -2.27. The van der Waals surface area contributed by atoms with E-state index in [0.29, 0.717) is 10.3 Å². The van der Waals surface area contributed by atoms with Crippen molar-refractivity contribution in [2.75, 3.05) is 7.05 Å². The van der Waals surface area contributed by atoms with Crippen LogP contribution in [-0.4, -0.2) is 29.7 Å². The number of sulfonamides is 1. The van der Waals surface area contributed by atoms with Crippen molar-refractivity contribution in [3.8, 4) is 0 Å². The number of nitrogens with one attached hydrogen (secondary N) is 1. The third kappa shape index (κ3) is 3.17. The molecule has 1 heterocycles. The third-order valence-corrected chi connectivity index (χ3v) is 5.74. The molecule has 0 radical (unpaired) electrons. The van der Waals surface area contributed by atoms with Gasteiger partial charge in [-0.05, 0) is 12.1 Å². The number of aromatic amines is 1. The normalized spacial score (nSPS) is 12.1. The first kappa shape index (κ1) is 15.8. The Labute approximate surface area is 135 Å². The van der Waals surface area contributed by atoms with E-state index in [4.69, 9.17) is 23.2 Å². The number of halogens is 3. The van der Waals surface area contributed by atoms with Crippen LogP contribution in [0.25, 0.3) is 0 Å². The second kappa shape index (κ2) is 6.03. The minimum Gasteiger partial charge on any atom is -0.347 e. The van der Waals surface area contributed by atoms with Gasteiger partial charge in [0.15, 0.2) is 0 Å². The average molecular weight is 399 g/mol. The monoisotopic (exact) mass is 397 g/mol. The van der Waals surface area contributed by atoms with E-state index in [-0.39, 0.29) is 21.5 Å². The van der Waals surface area contributed by atoms with Crippen LogP contribution in [0.3, 0.4) is 0 Å². The summed E-state index contributed by atoms with van der Waals surface area (Å²) in [5.41, 5.74) is 0. The molecular weight excluding hydrogens is 389 g/mol. The standard InChI is InChI=1S/C11H10BrCl2N3O2S/c1-17(6-10-15-2-3-16-10)20(18,19)11-8(13)4-7(12)5-9(11)14/h2-5H,6H2,1H3,(H,15,16). The summed E-state index contributed by atoms with van der Waals surface area (Å²) in [6, 6.07) is 2.97. The zero-order chi connectivity index (χ0) is 14.9. The highest BCUT2D eigenvalue weighted by Gasteiger charge is 2.27. The van der Waals surface area contributed by atoms with Gasteiger partial charge < -0.3 is 4.98 Å². The van der Waals surface area contributed by atoms with Crippen LogP contribution in [0, 0.1) is 0 Å². The molecule has 20 heavy (non-hydrogen) atoms. The van der Waals surface area contributed by atoms with Crippen molar-refractivity contribution in [1.29, 1.82) is 0 Å². The fourth-order valence-corrected chi connectivity index (χ4v) is 4.62. The topological polar surface area (TPSA) is 66.1 Å². The van der Waals surface area contributed by atoms with E-state index in [2.05, 4.69) is 25.9 Å². The van der Waals surface area contributed by atoms with E-state index in [1.54, 1.807) is 12.4 Å². The van der Waals surface area contributed by atoms with Gasteiger partial charge in [-0.25, -0.2) is 13.4 Å². The quantitative estimate of drug-likeness (QED) is 0.859. The molecule has 0 aliphatic carbocycles. The third-order valence-electron chi connectivity index (χ3n) is 2.56. The van der Waals surface area contributed by atoms with Crippen molar-refractivity contribution >= 4 is 49.2 Å². The van der Waals surface area contributed by atoms with Crippen LogP contribution in [-0.2, 0) is 16.6 Å². The molecule has 0 amide bonds. The first-order chi connectivity index (χ1) is 9.32. The van der Waals surface area contributed by atoms with Crippen LogP contribution >= 0.6 is 39.1 Å². The Balaban J connectivity index is 2.40. The number of benzene rings is 1. The van der Waals surface area contributed by atoms with E-state index in [0.717, 1.165) is 4.31 Å². The fourth-order valence-electron chi connectivity index (χ4n) is 1.61. The van der Waals surface area contributed by atoms with Crippen molar-refractivity contribution in [1.82, 2.24) is 14.3 Å². The Morgan fingerprint density at radius 3 is 2.45 bits per heavy atom. The average Bonchev–Trinajstić information content (AvgIpc) is 2.79. The van der Waals surface area contributed by atoms with Crippen molar-refractivity contribution in [3.63, 3.8) is 0 Å². The summed E-state index contributed by atoms with van der Waals surface area (Å²) in [6.45, 7) is 0.0953. The molecule has 2 aromatic rings. The Morgan fingerprint density at radius 1 is 1.35 bits per heavy atom. The van der Waals surface area contributed by atoms with E-state index in [9.17, 15) is 8.42 Å². The van der Waals surface area contributed by atoms with E-state index < -0.39 is 10.0 Å². The lowest BCUT2D eigenvalue weighted by Gasteiger charge is -2.18. The molecule has 0 unspecified atom stereocenters. The molecule has 1 aromatic carbocycles. The van der Waals surface area contributed by atoms with Gasteiger partial charge >= 0.3 is 0 Å². The van der Waals surface area contributed by atoms with Crippen LogP contribution in [0.1, 0.15) is 5.82 Å². The van der Waals surface area contributed by atoms with Gasteiger partial charge in [-0.2, -0.15) is 4.31 Å². The molecule has 1 aromatic heterocycles. The number of hydrogen-bond donors (Lipinski definition) is 1. The van der Waals surface area contributed by atoms with Crippen LogP contribution in [0.2, 0.25) is 10.0 Å². The largest absolute Gasteiger partial charge is 0.347 e. The van der Waals surface area contributed by atoms with Crippen molar-refractivity contribution in [2.24, 2.45) is 0 Å². The molecule has 9 heteroatoms. The Kier molecular flexibility index (Phi) is 4.76. The minimum absolute atomic E-state index is 0.0654. The van der Waals surface area contributed by atoms with Crippen molar-refractivity contribution < 1.29 is 8.42 Å². The molecular formula is C11H10BrCl2N3O2S. The Hall–Kier alpha value is -0.600. The maximum atomic E-state index is 12.5. The molecule has 2 rings (SSSR count).